The average Bonchev–Trinajstić information content (AvgIpc) is 2.92. The van der Waals surface area contributed by atoms with E-state index in [2.05, 4.69) is 34.4 Å². The van der Waals surface area contributed by atoms with Crippen molar-refractivity contribution in [1.29, 1.82) is 0 Å². The molecule has 8 nitrogen and oxygen atoms in total. The number of nitro benzene ring substituents is 1. The van der Waals surface area contributed by atoms with Gasteiger partial charge in [-0.1, -0.05) is 12.1 Å². The normalized spacial score (nSPS) is 17.8. The zero-order valence-corrected chi connectivity index (χ0v) is 24.3. The topological polar surface area (TPSA) is 99.0 Å². The van der Waals surface area contributed by atoms with Gasteiger partial charge in [0, 0.05) is 60.0 Å². The Bertz CT molecular complexity index is 1370. The number of Topliss-reactive ketones (excluding diaryl/α,β-unsaturated/α-hetero) is 2. The standard InChI is InChI=1S/C30H31IN2O6/c1-3-32-22-10-6-12-24(34)28(22)27(29-23(32)11-7-13-25(29)35)19-15-21(31)30(26(16-19)38-4-2)39-17-18-8-5-9-20(14-18)33(36)37/h5,8-9,14-16,27H,3-4,6-7,10-13,17H2,1-2H3. The summed E-state index contributed by atoms with van der Waals surface area (Å²) in [4.78, 5) is 39.8. The summed E-state index contributed by atoms with van der Waals surface area (Å²) < 4.78 is 13.0. The highest BCUT2D eigenvalue weighted by atomic mass is 127. The molecule has 0 saturated heterocycles. The van der Waals surface area contributed by atoms with Crippen molar-refractivity contribution in [2.24, 2.45) is 0 Å². The summed E-state index contributed by atoms with van der Waals surface area (Å²) in [5.74, 6) is 0.870. The zero-order valence-electron chi connectivity index (χ0n) is 22.1. The van der Waals surface area contributed by atoms with Crippen molar-refractivity contribution < 1.29 is 24.0 Å². The molecule has 0 fully saturated rings. The molecular weight excluding hydrogens is 611 g/mol. The van der Waals surface area contributed by atoms with Crippen LogP contribution in [0.5, 0.6) is 11.5 Å². The first kappa shape index (κ1) is 27.4. The molecule has 0 amide bonds. The Morgan fingerprint density at radius 2 is 1.64 bits per heavy atom. The lowest BCUT2D eigenvalue weighted by Gasteiger charge is -2.43. The van der Waals surface area contributed by atoms with E-state index in [0.29, 0.717) is 36.5 Å². The van der Waals surface area contributed by atoms with E-state index in [1.807, 2.05) is 19.1 Å². The fourth-order valence-corrected chi connectivity index (χ4v) is 6.79. The molecule has 3 aliphatic rings. The molecule has 204 valence electrons. The third-order valence-electron chi connectivity index (χ3n) is 7.57. The Hall–Kier alpha value is -3.21. The summed E-state index contributed by atoms with van der Waals surface area (Å²) in [6, 6.07) is 10.2. The minimum atomic E-state index is -0.428. The van der Waals surface area contributed by atoms with Gasteiger partial charge in [0.05, 0.1) is 15.1 Å². The van der Waals surface area contributed by atoms with Gasteiger partial charge < -0.3 is 14.4 Å². The minimum absolute atomic E-state index is 0.00653. The number of nitrogens with zero attached hydrogens (tertiary/aromatic N) is 2. The van der Waals surface area contributed by atoms with Crippen molar-refractivity contribution in [2.45, 2.75) is 64.9 Å². The van der Waals surface area contributed by atoms with Crippen molar-refractivity contribution in [3.05, 3.63) is 83.7 Å². The van der Waals surface area contributed by atoms with Crippen molar-refractivity contribution in [3.63, 3.8) is 0 Å². The van der Waals surface area contributed by atoms with Crippen molar-refractivity contribution in [1.82, 2.24) is 4.90 Å². The summed E-state index contributed by atoms with van der Waals surface area (Å²) >= 11 is 2.20. The van der Waals surface area contributed by atoms with Crippen LogP contribution in [-0.2, 0) is 16.2 Å². The van der Waals surface area contributed by atoms with Gasteiger partial charge in [-0.2, -0.15) is 0 Å². The van der Waals surface area contributed by atoms with Crippen LogP contribution in [0.1, 0.15) is 69.4 Å². The van der Waals surface area contributed by atoms with Crippen LogP contribution in [0.25, 0.3) is 0 Å². The molecule has 9 heteroatoms. The lowest BCUT2D eigenvalue weighted by Crippen LogP contribution is -2.39. The molecule has 5 rings (SSSR count). The Morgan fingerprint density at radius 1 is 0.974 bits per heavy atom. The maximum absolute atomic E-state index is 13.4. The van der Waals surface area contributed by atoms with E-state index in [-0.39, 0.29) is 23.9 Å². The van der Waals surface area contributed by atoms with Gasteiger partial charge in [0.15, 0.2) is 23.1 Å². The Labute approximate surface area is 241 Å². The van der Waals surface area contributed by atoms with Crippen LogP contribution < -0.4 is 9.47 Å². The van der Waals surface area contributed by atoms with Crippen LogP contribution in [0.3, 0.4) is 0 Å². The molecular formula is C30H31IN2O6. The van der Waals surface area contributed by atoms with Gasteiger partial charge in [-0.25, -0.2) is 0 Å². The van der Waals surface area contributed by atoms with E-state index < -0.39 is 10.8 Å². The first-order valence-electron chi connectivity index (χ1n) is 13.5. The number of rotatable bonds is 8. The number of carbonyl (C=O) groups is 2. The predicted molar refractivity (Wildman–Crippen MR) is 155 cm³/mol. The van der Waals surface area contributed by atoms with Gasteiger partial charge in [-0.05, 0) is 85.4 Å². The van der Waals surface area contributed by atoms with E-state index in [1.54, 1.807) is 12.1 Å². The largest absolute Gasteiger partial charge is 0.490 e. The first-order valence-corrected chi connectivity index (χ1v) is 14.5. The number of allylic oxidation sites excluding steroid dienone is 4. The van der Waals surface area contributed by atoms with Gasteiger partial charge in [-0.15, -0.1) is 0 Å². The first-order chi connectivity index (χ1) is 18.8. The number of nitro groups is 1. The number of non-ortho nitro benzene ring substituents is 1. The van der Waals surface area contributed by atoms with Crippen molar-refractivity contribution >= 4 is 39.8 Å². The second-order valence-electron chi connectivity index (χ2n) is 9.93. The van der Waals surface area contributed by atoms with Gasteiger partial charge in [0.25, 0.3) is 5.69 Å². The number of hydrogen-bond acceptors (Lipinski definition) is 7. The highest BCUT2D eigenvalue weighted by molar-refractivity contribution is 14.1. The SMILES string of the molecule is CCOc1cc(C2C3=C(CCCC3=O)N(CC)C3=C2C(=O)CCC3)cc(I)c1OCc1cccc([N+](=O)[O-])c1. The number of halogens is 1. The van der Waals surface area contributed by atoms with Gasteiger partial charge in [-0.3, -0.25) is 19.7 Å². The summed E-state index contributed by atoms with van der Waals surface area (Å²) in [7, 11) is 0. The fourth-order valence-electron chi connectivity index (χ4n) is 6.00. The van der Waals surface area contributed by atoms with Crippen LogP contribution in [-0.4, -0.2) is 34.5 Å². The fraction of sp³-hybridized carbons (Fsp3) is 0.400. The number of hydrogen-bond donors (Lipinski definition) is 0. The molecule has 0 atom stereocenters. The second-order valence-corrected chi connectivity index (χ2v) is 11.1. The molecule has 0 unspecified atom stereocenters. The number of ether oxygens (including phenoxy) is 2. The van der Waals surface area contributed by atoms with Crippen LogP contribution in [0.2, 0.25) is 0 Å². The minimum Gasteiger partial charge on any atom is -0.490 e. The molecule has 1 heterocycles. The molecule has 0 N–H and O–H groups in total. The van der Waals surface area contributed by atoms with Crippen LogP contribution in [0, 0.1) is 13.7 Å². The number of benzene rings is 2. The highest BCUT2D eigenvalue weighted by Gasteiger charge is 2.43. The lowest BCUT2D eigenvalue weighted by molar-refractivity contribution is -0.384. The average molecular weight is 642 g/mol. The lowest BCUT2D eigenvalue weighted by atomic mass is 9.71. The number of carbonyl (C=O) groups excluding carboxylic acids is 2. The molecule has 0 bridgehead atoms. The summed E-state index contributed by atoms with van der Waals surface area (Å²) in [6.45, 7) is 5.24. The van der Waals surface area contributed by atoms with E-state index in [9.17, 15) is 19.7 Å². The van der Waals surface area contributed by atoms with Gasteiger partial charge in [0.2, 0.25) is 0 Å². The summed E-state index contributed by atoms with van der Waals surface area (Å²) in [5.41, 5.74) is 5.15. The van der Waals surface area contributed by atoms with Crippen LogP contribution in [0.15, 0.2) is 58.9 Å². The van der Waals surface area contributed by atoms with Crippen molar-refractivity contribution in [2.75, 3.05) is 13.2 Å². The van der Waals surface area contributed by atoms with Crippen LogP contribution in [0.4, 0.5) is 5.69 Å². The molecule has 2 aromatic rings. The van der Waals surface area contributed by atoms with E-state index in [1.165, 1.54) is 12.1 Å². The van der Waals surface area contributed by atoms with Crippen LogP contribution >= 0.6 is 22.6 Å². The van der Waals surface area contributed by atoms with E-state index >= 15 is 0 Å². The molecule has 0 saturated carbocycles. The Balaban J connectivity index is 1.58. The smallest absolute Gasteiger partial charge is 0.269 e. The molecule has 0 aromatic heterocycles. The van der Waals surface area contributed by atoms with Gasteiger partial charge >= 0.3 is 0 Å². The molecule has 0 spiro atoms. The molecule has 39 heavy (non-hydrogen) atoms. The Morgan fingerprint density at radius 3 is 2.23 bits per heavy atom. The quantitative estimate of drug-likeness (QED) is 0.182. The second kappa shape index (κ2) is 11.5. The zero-order chi connectivity index (χ0) is 27.7. The van der Waals surface area contributed by atoms with Crippen molar-refractivity contribution in [3.8, 4) is 11.5 Å². The summed E-state index contributed by atoms with van der Waals surface area (Å²) in [6.07, 6.45) is 4.28. The van der Waals surface area contributed by atoms with E-state index in [4.69, 9.17) is 9.47 Å². The maximum Gasteiger partial charge on any atom is 0.269 e. The molecule has 1 aliphatic heterocycles. The molecule has 0 radical (unpaired) electrons. The number of ketones is 2. The third kappa shape index (κ3) is 5.20. The van der Waals surface area contributed by atoms with Gasteiger partial charge in [0.1, 0.15) is 6.61 Å². The van der Waals surface area contributed by atoms with E-state index in [0.717, 1.165) is 63.9 Å². The monoisotopic (exact) mass is 642 g/mol. The Kier molecular flexibility index (Phi) is 8.06. The molecule has 2 aromatic carbocycles. The molecule has 2 aliphatic carbocycles. The maximum atomic E-state index is 13.4. The third-order valence-corrected chi connectivity index (χ3v) is 8.37. The highest BCUT2D eigenvalue weighted by Crippen LogP contribution is 2.50. The predicted octanol–water partition coefficient (Wildman–Crippen LogP) is 6.61. The summed E-state index contributed by atoms with van der Waals surface area (Å²) in [5, 5.41) is 11.2.